The van der Waals surface area contributed by atoms with Crippen molar-refractivity contribution in [2.24, 2.45) is 0 Å². The van der Waals surface area contributed by atoms with Crippen LogP contribution in [0.2, 0.25) is 0 Å². The minimum Gasteiger partial charge on any atom is -0.356 e. The van der Waals surface area contributed by atoms with E-state index in [2.05, 4.69) is 16.4 Å². The van der Waals surface area contributed by atoms with Crippen LogP contribution < -0.4 is 10.9 Å². The van der Waals surface area contributed by atoms with E-state index >= 15 is 0 Å². The molecule has 0 unspecified atom stereocenters. The maximum atomic E-state index is 12.5. The van der Waals surface area contributed by atoms with Crippen molar-refractivity contribution in [1.29, 1.82) is 0 Å². The van der Waals surface area contributed by atoms with Crippen LogP contribution in [0.15, 0.2) is 28.6 Å². The first-order chi connectivity index (χ1) is 11.6. The van der Waals surface area contributed by atoms with Gasteiger partial charge >= 0.3 is 0 Å². The molecule has 126 valence electrons. The Morgan fingerprint density at radius 3 is 2.96 bits per heavy atom. The lowest BCUT2D eigenvalue weighted by Crippen LogP contribution is -2.28. The summed E-state index contributed by atoms with van der Waals surface area (Å²) in [5, 5.41) is 5.60. The van der Waals surface area contributed by atoms with E-state index in [1.54, 1.807) is 17.7 Å². The van der Waals surface area contributed by atoms with Crippen molar-refractivity contribution >= 4 is 38.8 Å². The molecule has 3 rings (SSSR count). The van der Waals surface area contributed by atoms with Gasteiger partial charge in [0, 0.05) is 29.3 Å². The lowest BCUT2D eigenvalue weighted by atomic mass is 10.2. The highest BCUT2D eigenvalue weighted by molar-refractivity contribution is 7.18. The van der Waals surface area contributed by atoms with Crippen molar-refractivity contribution in [1.82, 2.24) is 14.9 Å². The lowest BCUT2D eigenvalue weighted by Gasteiger charge is -2.07. The van der Waals surface area contributed by atoms with E-state index in [-0.39, 0.29) is 17.9 Å². The number of carbonyl (C=O) groups is 1. The first-order valence-electron chi connectivity index (χ1n) is 7.80. The van der Waals surface area contributed by atoms with Crippen molar-refractivity contribution in [3.63, 3.8) is 0 Å². The zero-order valence-electron chi connectivity index (χ0n) is 13.7. The molecule has 0 saturated heterocycles. The van der Waals surface area contributed by atoms with Gasteiger partial charge in [0.05, 0.1) is 11.7 Å². The third-order valence-electron chi connectivity index (χ3n) is 4.01. The summed E-state index contributed by atoms with van der Waals surface area (Å²) in [4.78, 5) is 32.0. The van der Waals surface area contributed by atoms with Gasteiger partial charge in [-0.25, -0.2) is 4.98 Å². The van der Waals surface area contributed by atoms with Gasteiger partial charge in [-0.1, -0.05) is 6.07 Å². The third kappa shape index (κ3) is 3.57. The predicted octanol–water partition coefficient (Wildman–Crippen LogP) is 2.89. The van der Waals surface area contributed by atoms with Gasteiger partial charge in [-0.15, -0.1) is 22.7 Å². The van der Waals surface area contributed by atoms with E-state index < -0.39 is 0 Å². The van der Waals surface area contributed by atoms with Crippen molar-refractivity contribution in [3.8, 4) is 0 Å². The van der Waals surface area contributed by atoms with Crippen LogP contribution in [0, 0.1) is 13.8 Å². The van der Waals surface area contributed by atoms with Gasteiger partial charge in [0.1, 0.15) is 4.83 Å². The molecular formula is C17H19N3O2S2. The first kappa shape index (κ1) is 16.9. The second-order valence-corrected chi connectivity index (χ2v) is 7.87. The zero-order chi connectivity index (χ0) is 17.1. The topological polar surface area (TPSA) is 64.0 Å². The number of carbonyl (C=O) groups excluding carboxylic acids is 1. The van der Waals surface area contributed by atoms with Gasteiger partial charge in [0.2, 0.25) is 5.91 Å². The number of hydrogen-bond donors (Lipinski definition) is 1. The van der Waals surface area contributed by atoms with Crippen molar-refractivity contribution in [2.45, 2.75) is 33.2 Å². The molecule has 0 aromatic carbocycles. The van der Waals surface area contributed by atoms with Crippen LogP contribution in [-0.4, -0.2) is 22.0 Å². The van der Waals surface area contributed by atoms with Gasteiger partial charge < -0.3 is 5.32 Å². The number of aromatic nitrogens is 2. The molecule has 3 heterocycles. The Morgan fingerprint density at radius 2 is 2.21 bits per heavy atom. The predicted molar refractivity (Wildman–Crippen MR) is 99.0 cm³/mol. The minimum absolute atomic E-state index is 0.0447. The van der Waals surface area contributed by atoms with Crippen LogP contribution in [0.1, 0.15) is 21.7 Å². The van der Waals surface area contributed by atoms with Crippen LogP contribution in [0.25, 0.3) is 10.2 Å². The Balaban J connectivity index is 1.59. The first-order valence-corrected chi connectivity index (χ1v) is 9.50. The monoisotopic (exact) mass is 361 g/mol. The van der Waals surface area contributed by atoms with E-state index in [0.29, 0.717) is 18.5 Å². The summed E-state index contributed by atoms with van der Waals surface area (Å²) < 4.78 is 1.53. The Kier molecular flexibility index (Phi) is 5.11. The Labute approximate surface area is 148 Å². The van der Waals surface area contributed by atoms with Crippen LogP contribution in [0.3, 0.4) is 0 Å². The third-order valence-corrected chi connectivity index (χ3v) is 6.06. The SMILES string of the molecule is Cc1sc2ncn(CCC(=O)NCCc3cccs3)c(=O)c2c1C. The molecular weight excluding hydrogens is 342 g/mol. The van der Waals surface area contributed by atoms with Crippen molar-refractivity contribution in [3.05, 3.63) is 49.5 Å². The maximum Gasteiger partial charge on any atom is 0.262 e. The number of aryl methyl sites for hydroxylation is 3. The highest BCUT2D eigenvalue weighted by Gasteiger charge is 2.12. The van der Waals surface area contributed by atoms with E-state index in [0.717, 1.165) is 21.7 Å². The molecule has 0 aliphatic carbocycles. The van der Waals surface area contributed by atoms with Gasteiger partial charge in [0.25, 0.3) is 5.56 Å². The standard InChI is InChI=1S/C17H19N3O2S2/c1-11-12(2)24-16-15(11)17(22)20(10-19-16)8-6-14(21)18-7-5-13-4-3-9-23-13/h3-4,9-10H,5-8H2,1-2H3,(H,18,21). The smallest absolute Gasteiger partial charge is 0.262 e. The lowest BCUT2D eigenvalue weighted by molar-refractivity contribution is -0.121. The van der Waals surface area contributed by atoms with Gasteiger partial charge in [-0.05, 0) is 37.3 Å². The molecule has 0 radical (unpaired) electrons. The molecule has 7 heteroatoms. The van der Waals surface area contributed by atoms with Crippen LogP contribution in [-0.2, 0) is 17.8 Å². The normalized spacial score (nSPS) is 11.1. The molecule has 3 aromatic heterocycles. The molecule has 0 aliphatic heterocycles. The van der Waals surface area contributed by atoms with E-state index in [9.17, 15) is 9.59 Å². The molecule has 0 bridgehead atoms. The summed E-state index contributed by atoms with van der Waals surface area (Å²) in [5.41, 5.74) is 0.926. The second kappa shape index (κ2) is 7.27. The molecule has 3 aromatic rings. The Bertz CT molecular complexity index is 910. The number of hydrogen-bond acceptors (Lipinski definition) is 5. The fourth-order valence-corrected chi connectivity index (χ4v) is 4.22. The molecule has 5 nitrogen and oxygen atoms in total. The Morgan fingerprint density at radius 1 is 1.38 bits per heavy atom. The summed E-state index contributed by atoms with van der Waals surface area (Å²) in [6.45, 7) is 4.90. The molecule has 0 spiro atoms. The highest BCUT2D eigenvalue weighted by Crippen LogP contribution is 2.25. The van der Waals surface area contributed by atoms with Crippen molar-refractivity contribution < 1.29 is 4.79 Å². The molecule has 0 fully saturated rings. The van der Waals surface area contributed by atoms with E-state index in [1.807, 2.05) is 25.3 Å². The molecule has 0 atom stereocenters. The molecule has 1 amide bonds. The van der Waals surface area contributed by atoms with Gasteiger partial charge in [-0.2, -0.15) is 0 Å². The fourth-order valence-electron chi connectivity index (χ4n) is 2.52. The van der Waals surface area contributed by atoms with E-state index in [4.69, 9.17) is 0 Å². The van der Waals surface area contributed by atoms with Gasteiger partial charge in [-0.3, -0.25) is 14.2 Å². The number of nitrogens with one attached hydrogen (secondary N) is 1. The summed E-state index contributed by atoms with van der Waals surface area (Å²) in [6, 6.07) is 4.06. The molecule has 1 N–H and O–H groups in total. The quantitative estimate of drug-likeness (QED) is 0.734. The number of thiophene rings is 2. The maximum absolute atomic E-state index is 12.5. The Hall–Kier alpha value is -1.99. The minimum atomic E-state index is -0.0618. The van der Waals surface area contributed by atoms with Crippen LogP contribution >= 0.6 is 22.7 Å². The average Bonchev–Trinajstić information content (AvgIpc) is 3.16. The van der Waals surface area contributed by atoms with E-state index in [1.165, 1.54) is 20.8 Å². The summed E-state index contributed by atoms with van der Waals surface area (Å²) in [7, 11) is 0. The molecule has 0 saturated carbocycles. The number of rotatable bonds is 6. The van der Waals surface area contributed by atoms with Crippen molar-refractivity contribution in [2.75, 3.05) is 6.54 Å². The highest BCUT2D eigenvalue weighted by atomic mass is 32.1. The summed E-state index contributed by atoms with van der Waals surface area (Å²) in [6.07, 6.45) is 2.66. The summed E-state index contributed by atoms with van der Waals surface area (Å²) in [5.74, 6) is -0.0447. The van der Waals surface area contributed by atoms with Crippen LogP contribution in [0.4, 0.5) is 0 Å². The fraction of sp³-hybridized carbons (Fsp3) is 0.353. The number of amides is 1. The van der Waals surface area contributed by atoms with Crippen LogP contribution in [0.5, 0.6) is 0 Å². The van der Waals surface area contributed by atoms with Gasteiger partial charge in [0.15, 0.2) is 0 Å². The molecule has 0 aliphatic rings. The number of nitrogens with zero attached hydrogens (tertiary/aromatic N) is 2. The zero-order valence-corrected chi connectivity index (χ0v) is 15.3. The average molecular weight is 361 g/mol. The second-order valence-electron chi connectivity index (χ2n) is 5.64. The molecule has 24 heavy (non-hydrogen) atoms. The summed E-state index contributed by atoms with van der Waals surface area (Å²) >= 11 is 3.22. The number of fused-ring (bicyclic) bond motifs is 1. The largest absolute Gasteiger partial charge is 0.356 e.